The Morgan fingerprint density at radius 2 is 2.06 bits per heavy atom. The minimum absolute atomic E-state index is 0.0209. The Hall–Kier alpha value is -0.930. The number of halogens is 1. The van der Waals surface area contributed by atoms with Crippen LogP contribution < -0.4 is 15.2 Å². The van der Waals surface area contributed by atoms with Crippen molar-refractivity contribution in [2.45, 2.75) is 31.7 Å². The van der Waals surface area contributed by atoms with Crippen molar-refractivity contribution < 1.29 is 9.47 Å². The Balaban J connectivity index is 2.18. The molecule has 0 amide bonds. The van der Waals surface area contributed by atoms with Gasteiger partial charge in [0.2, 0.25) is 0 Å². The van der Waals surface area contributed by atoms with Crippen molar-refractivity contribution in [1.29, 1.82) is 0 Å². The van der Waals surface area contributed by atoms with Crippen LogP contribution in [0, 0.1) is 5.92 Å². The maximum atomic E-state index is 6.23. The summed E-state index contributed by atoms with van der Waals surface area (Å²) in [5.74, 6) is 1.98. The van der Waals surface area contributed by atoms with Crippen LogP contribution in [0.15, 0.2) is 12.1 Å². The molecule has 4 heteroatoms. The van der Waals surface area contributed by atoms with Crippen LogP contribution in [0.25, 0.3) is 0 Å². The van der Waals surface area contributed by atoms with Gasteiger partial charge in [-0.15, -0.1) is 0 Å². The summed E-state index contributed by atoms with van der Waals surface area (Å²) in [6.07, 6.45) is 4.96. The van der Waals surface area contributed by atoms with Crippen LogP contribution in [0.3, 0.4) is 0 Å². The summed E-state index contributed by atoms with van der Waals surface area (Å²) in [5.41, 5.74) is 7.25. The molecular weight excluding hydrogens is 250 g/mol. The molecule has 0 bridgehead atoms. The third-order valence-corrected chi connectivity index (χ3v) is 3.98. The van der Waals surface area contributed by atoms with Crippen LogP contribution in [0.2, 0.25) is 5.02 Å². The van der Waals surface area contributed by atoms with Gasteiger partial charge in [-0.3, -0.25) is 0 Å². The first kappa shape index (κ1) is 13.5. The molecule has 0 radical (unpaired) electrons. The fourth-order valence-electron chi connectivity index (χ4n) is 2.38. The molecule has 1 saturated carbocycles. The van der Waals surface area contributed by atoms with Crippen molar-refractivity contribution in [2.75, 3.05) is 14.2 Å². The predicted molar refractivity (Wildman–Crippen MR) is 73.4 cm³/mol. The number of nitrogens with two attached hydrogens (primary N) is 1. The Bertz CT molecular complexity index is 419. The Morgan fingerprint density at radius 1 is 1.33 bits per heavy atom. The largest absolute Gasteiger partial charge is 0.493 e. The quantitative estimate of drug-likeness (QED) is 0.889. The van der Waals surface area contributed by atoms with E-state index in [1.165, 1.54) is 19.3 Å². The van der Waals surface area contributed by atoms with Gasteiger partial charge < -0.3 is 15.2 Å². The maximum Gasteiger partial charge on any atom is 0.179 e. The van der Waals surface area contributed by atoms with Crippen molar-refractivity contribution in [3.05, 3.63) is 22.7 Å². The number of hydrogen-bond donors (Lipinski definition) is 1. The van der Waals surface area contributed by atoms with Gasteiger partial charge in [-0.2, -0.15) is 0 Å². The van der Waals surface area contributed by atoms with E-state index in [9.17, 15) is 0 Å². The molecule has 1 aliphatic carbocycles. The van der Waals surface area contributed by atoms with Gasteiger partial charge in [0.05, 0.1) is 19.2 Å². The van der Waals surface area contributed by atoms with Crippen molar-refractivity contribution in [2.24, 2.45) is 11.7 Å². The molecule has 1 fully saturated rings. The SMILES string of the molecule is COc1cc(C(N)CC2CCC2)cc(Cl)c1OC. The predicted octanol–water partition coefficient (Wildman–Crippen LogP) is 3.55. The Kier molecular flexibility index (Phi) is 4.36. The number of benzene rings is 1. The lowest BCUT2D eigenvalue weighted by Crippen LogP contribution is -2.20. The van der Waals surface area contributed by atoms with Crippen LogP contribution in [-0.4, -0.2) is 14.2 Å². The summed E-state index contributed by atoms with van der Waals surface area (Å²) < 4.78 is 10.5. The fraction of sp³-hybridized carbons (Fsp3) is 0.571. The molecule has 1 aromatic rings. The van der Waals surface area contributed by atoms with E-state index in [-0.39, 0.29) is 6.04 Å². The average Bonchev–Trinajstić information content (AvgIpc) is 2.32. The fourth-order valence-corrected chi connectivity index (χ4v) is 2.67. The molecule has 0 aromatic heterocycles. The molecule has 2 rings (SSSR count). The maximum absolute atomic E-state index is 6.23. The second-order valence-electron chi connectivity index (χ2n) is 4.88. The second kappa shape index (κ2) is 5.81. The van der Waals surface area contributed by atoms with E-state index in [0.29, 0.717) is 16.5 Å². The summed E-state index contributed by atoms with van der Waals surface area (Å²) in [5, 5.41) is 0.552. The Labute approximate surface area is 113 Å². The van der Waals surface area contributed by atoms with E-state index in [4.69, 9.17) is 26.8 Å². The third kappa shape index (κ3) is 2.73. The molecule has 1 atom stereocenters. The second-order valence-corrected chi connectivity index (χ2v) is 5.28. The molecule has 1 aliphatic rings. The zero-order valence-corrected chi connectivity index (χ0v) is 11.7. The monoisotopic (exact) mass is 269 g/mol. The van der Waals surface area contributed by atoms with Gasteiger partial charge in [0.15, 0.2) is 11.5 Å². The summed E-state index contributed by atoms with van der Waals surface area (Å²) in [6.45, 7) is 0. The van der Waals surface area contributed by atoms with Gasteiger partial charge >= 0.3 is 0 Å². The normalized spacial score (nSPS) is 17.1. The molecule has 0 saturated heterocycles. The van der Waals surface area contributed by atoms with E-state index in [1.807, 2.05) is 12.1 Å². The minimum Gasteiger partial charge on any atom is -0.493 e. The first-order valence-electron chi connectivity index (χ1n) is 6.32. The molecule has 0 spiro atoms. The third-order valence-electron chi connectivity index (χ3n) is 3.70. The lowest BCUT2D eigenvalue weighted by Gasteiger charge is -2.28. The van der Waals surface area contributed by atoms with Crippen LogP contribution in [0.1, 0.15) is 37.3 Å². The van der Waals surface area contributed by atoms with Crippen molar-refractivity contribution in [3.8, 4) is 11.5 Å². The highest BCUT2D eigenvalue weighted by Gasteiger charge is 2.22. The summed E-state index contributed by atoms with van der Waals surface area (Å²) in [4.78, 5) is 0. The Morgan fingerprint density at radius 3 is 2.56 bits per heavy atom. The average molecular weight is 270 g/mol. The zero-order valence-electron chi connectivity index (χ0n) is 10.9. The van der Waals surface area contributed by atoms with Crippen LogP contribution in [0.5, 0.6) is 11.5 Å². The lowest BCUT2D eigenvalue weighted by atomic mass is 9.80. The lowest BCUT2D eigenvalue weighted by molar-refractivity contribution is 0.277. The van der Waals surface area contributed by atoms with Crippen molar-refractivity contribution in [3.63, 3.8) is 0 Å². The van der Waals surface area contributed by atoms with Crippen molar-refractivity contribution in [1.82, 2.24) is 0 Å². The molecule has 3 nitrogen and oxygen atoms in total. The molecular formula is C14H20ClNO2. The van der Waals surface area contributed by atoms with Gasteiger partial charge in [0.1, 0.15) is 0 Å². The number of ether oxygens (including phenoxy) is 2. The summed E-state index contributed by atoms with van der Waals surface area (Å²) in [6, 6.07) is 3.83. The van der Waals surface area contributed by atoms with Gasteiger partial charge in [-0.05, 0) is 30.0 Å². The molecule has 0 aliphatic heterocycles. The standard InChI is InChI=1S/C14H20ClNO2/c1-17-13-8-10(7-11(15)14(13)18-2)12(16)6-9-4-3-5-9/h7-9,12H,3-6,16H2,1-2H3. The smallest absolute Gasteiger partial charge is 0.179 e. The summed E-state index contributed by atoms with van der Waals surface area (Å²) >= 11 is 6.18. The molecule has 1 aromatic carbocycles. The van der Waals surface area contributed by atoms with E-state index in [2.05, 4.69) is 0 Å². The topological polar surface area (TPSA) is 44.5 Å². The van der Waals surface area contributed by atoms with Gasteiger partial charge in [0, 0.05) is 6.04 Å². The van der Waals surface area contributed by atoms with Gasteiger partial charge in [0.25, 0.3) is 0 Å². The first-order valence-corrected chi connectivity index (χ1v) is 6.70. The van der Waals surface area contributed by atoms with Crippen LogP contribution in [-0.2, 0) is 0 Å². The number of methoxy groups -OCH3 is 2. The molecule has 2 N–H and O–H groups in total. The first-order chi connectivity index (χ1) is 8.65. The summed E-state index contributed by atoms with van der Waals surface area (Å²) in [7, 11) is 3.19. The van der Waals surface area contributed by atoms with Crippen LogP contribution in [0.4, 0.5) is 0 Å². The van der Waals surface area contributed by atoms with E-state index in [1.54, 1.807) is 14.2 Å². The van der Waals surface area contributed by atoms with Crippen LogP contribution >= 0.6 is 11.6 Å². The van der Waals surface area contributed by atoms with Gasteiger partial charge in [-0.1, -0.05) is 30.9 Å². The van der Waals surface area contributed by atoms with E-state index >= 15 is 0 Å². The highest BCUT2D eigenvalue weighted by Crippen LogP contribution is 2.40. The van der Waals surface area contributed by atoms with Crippen molar-refractivity contribution >= 4 is 11.6 Å². The number of rotatable bonds is 5. The molecule has 1 unspecified atom stereocenters. The molecule has 18 heavy (non-hydrogen) atoms. The number of hydrogen-bond acceptors (Lipinski definition) is 3. The van der Waals surface area contributed by atoms with Gasteiger partial charge in [-0.25, -0.2) is 0 Å². The molecule has 100 valence electrons. The molecule has 0 heterocycles. The minimum atomic E-state index is 0.0209. The highest BCUT2D eigenvalue weighted by atomic mass is 35.5. The van der Waals surface area contributed by atoms with E-state index in [0.717, 1.165) is 17.9 Å². The van der Waals surface area contributed by atoms with E-state index < -0.39 is 0 Å². The highest BCUT2D eigenvalue weighted by molar-refractivity contribution is 6.32. The zero-order chi connectivity index (χ0) is 13.1.